The number of halogens is 1. The molecule has 1 fully saturated rings. The third kappa shape index (κ3) is 2.83. The molecule has 2 rings (SSSR count). The first-order valence-electron chi connectivity index (χ1n) is 6.43. The Kier molecular flexibility index (Phi) is 3.85. The summed E-state index contributed by atoms with van der Waals surface area (Å²) in [4.78, 5) is 16.4. The first kappa shape index (κ1) is 15.3. The van der Waals surface area contributed by atoms with E-state index in [0.29, 0.717) is 13.2 Å². The van der Waals surface area contributed by atoms with Gasteiger partial charge in [-0.3, -0.25) is 0 Å². The normalized spacial score (nSPS) is 17.5. The van der Waals surface area contributed by atoms with E-state index in [1.54, 1.807) is 0 Å². The van der Waals surface area contributed by atoms with Crippen molar-refractivity contribution in [2.75, 3.05) is 13.2 Å². The van der Waals surface area contributed by atoms with Crippen molar-refractivity contribution in [3.63, 3.8) is 0 Å². The lowest BCUT2D eigenvalue weighted by molar-refractivity contribution is -0.0834. The number of carbonyl (C=O) groups is 1. The lowest BCUT2D eigenvalue weighted by atomic mass is 9.93. The van der Waals surface area contributed by atoms with Gasteiger partial charge in [0.15, 0.2) is 0 Å². The molecule has 112 valence electrons. The van der Waals surface area contributed by atoms with Crippen molar-refractivity contribution >= 4 is 22.0 Å². The quantitative estimate of drug-likeness (QED) is 0.892. The molecule has 0 unspecified atom stereocenters. The molecule has 1 aromatic rings. The maximum atomic E-state index is 12.0. The molecule has 1 amide bonds. The summed E-state index contributed by atoms with van der Waals surface area (Å²) in [6.07, 6.45) is -0.452. The second-order valence-electron chi connectivity index (χ2n) is 6.06. The van der Waals surface area contributed by atoms with E-state index in [0.717, 1.165) is 16.1 Å². The molecule has 0 saturated carbocycles. The predicted molar refractivity (Wildman–Crippen MR) is 77.5 cm³/mol. The Morgan fingerprint density at radius 3 is 2.45 bits per heavy atom. The lowest BCUT2D eigenvalue weighted by Crippen LogP contribution is -2.61. The van der Waals surface area contributed by atoms with Gasteiger partial charge in [0, 0.05) is 7.05 Å². The molecular weight excluding hydrogens is 326 g/mol. The van der Waals surface area contributed by atoms with E-state index in [2.05, 4.69) is 26.2 Å². The van der Waals surface area contributed by atoms with Crippen molar-refractivity contribution in [3.05, 3.63) is 16.1 Å². The second kappa shape index (κ2) is 5.04. The molecule has 0 aliphatic carbocycles. The maximum Gasteiger partial charge on any atom is 0.408 e. The highest BCUT2D eigenvalue weighted by Gasteiger charge is 2.46. The molecule has 20 heavy (non-hydrogen) atoms. The lowest BCUT2D eigenvalue weighted by Gasteiger charge is -2.42. The highest BCUT2D eigenvalue weighted by Crippen LogP contribution is 2.35. The first-order valence-corrected chi connectivity index (χ1v) is 7.22. The van der Waals surface area contributed by atoms with Crippen LogP contribution in [0.15, 0.2) is 4.60 Å². The molecule has 0 aromatic carbocycles. The Bertz CT molecular complexity index is 530. The smallest absolute Gasteiger partial charge is 0.408 e. The van der Waals surface area contributed by atoms with Gasteiger partial charge >= 0.3 is 6.09 Å². The number of nitrogens with zero attached hydrogens (tertiary/aromatic N) is 2. The van der Waals surface area contributed by atoms with Gasteiger partial charge in [-0.05, 0) is 43.6 Å². The van der Waals surface area contributed by atoms with Crippen LogP contribution in [0.3, 0.4) is 0 Å². The van der Waals surface area contributed by atoms with E-state index in [1.165, 1.54) is 0 Å². The van der Waals surface area contributed by atoms with Crippen molar-refractivity contribution in [1.29, 1.82) is 0 Å². The zero-order valence-electron chi connectivity index (χ0n) is 12.4. The monoisotopic (exact) mass is 345 g/mol. The summed E-state index contributed by atoms with van der Waals surface area (Å²) in [5.74, 6) is 0.865. The average Bonchev–Trinajstić information content (AvgIpc) is 2.46. The minimum absolute atomic E-state index is 0.407. The van der Waals surface area contributed by atoms with E-state index in [-0.39, 0.29) is 0 Å². The second-order valence-corrected chi connectivity index (χ2v) is 6.81. The van der Waals surface area contributed by atoms with Gasteiger partial charge in [-0.1, -0.05) is 0 Å². The molecule has 1 saturated heterocycles. The zero-order chi connectivity index (χ0) is 15.1. The van der Waals surface area contributed by atoms with Gasteiger partial charge in [0.05, 0.1) is 18.9 Å². The summed E-state index contributed by atoms with van der Waals surface area (Å²) in [6.45, 7) is 8.23. The van der Waals surface area contributed by atoms with Gasteiger partial charge in [-0.25, -0.2) is 9.78 Å². The van der Waals surface area contributed by atoms with Crippen LogP contribution in [0.1, 0.15) is 32.3 Å². The molecule has 1 aliphatic heterocycles. The average molecular weight is 346 g/mol. The number of alkyl carbamates (subject to hydrolysis) is 1. The summed E-state index contributed by atoms with van der Waals surface area (Å²) in [6, 6.07) is 0. The van der Waals surface area contributed by atoms with Crippen molar-refractivity contribution in [2.45, 2.75) is 38.8 Å². The van der Waals surface area contributed by atoms with Gasteiger partial charge in [0.1, 0.15) is 21.6 Å². The molecule has 7 heteroatoms. The zero-order valence-corrected chi connectivity index (χ0v) is 14.0. The number of aryl methyl sites for hydroxylation is 1. The minimum atomic E-state index is -0.586. The first-order chi connectivity index (χ1) is 9.15. The predicted octanol–water partition coefficient (Wildman–Crippen LogP) is 2.24. The molecule has 0 radical (unpaired) electrons. The number of imidazole rings is 1. The third-order valence-corrected chi connectivity index (χ3v) is 3.72. The van der Waals surface area contributed by atoms with Crippen molar-refractivity contribution in [3.8, 4) is 0 Å². The Morgan fingerprint density at radius 1 is 1.50 bits per heavy atom. The molecule has 1 aromatic heterocycles. The molecule has 1 N–H and O–H groups in total. The van der Waals surface area contributed by atoms with Gasteiger partial charge in [-0.15, -0.1) is 0 Å². The van der Waals surface area contributed by atoms with E-state index < -0.39 is 17.2 Å². The number of nitrogens with one attached hydrogen (secondary N) is 1. The largest absolute Gasteiger partial charge is 0.444 e. The number of carbonyl (C=O) groups excluding carboxylic acids is 1. The van der Waals surface area contributed by atoms with Crippen LogP contribution in [-0.2, 0) is 22.1 Å². The summed E-state index contributed by atoms with van der Waals surface area (Å²) in [5, 5.41) is 2.92. The van der Waals surface area contributed by atoms with Crippen LogP contribution < -0.4 is 5.32 Å². The fourth-order valence-corrected chi connectivity index (χ4v) is 3.06. The number of hydrogen-bond acceptors (Lipinski definition) is 4. The number of aromatic nitrogens is 2. The number of ether oxygens (including phenoxy) is 2. The Morgan fingerprint density at radius 2 is 2.10 bits per heavy atom. The van der Waals surface area contributed by atoms with Gasteiger partial charge < -0.3 is 19.4 Å². The SMILES string of the molecule is Cc1nc(Br)c(C2(NC(=O)OC(C)(C)C)COC2)n1C. The van der Waals surface area contributed by atoms with Crippen molar-refractivity contribution < 1.29 is 14.3 Å². The van der Waals surface area contributed by atoms with Crippen LogP contribution >= 0.6 is 15.9 Å². The van der Waals surface area contributed by atoms with E-state index >= 15 is 0 Å². The highest BCUT2D eigenvalue weighted by atomic mass is 79.9. The summed E-state index contributed by atoms with van der Waals surface area (Å²) in [7, 11) is 1.92. The van der Waals surface area contributed by atoms with E-state index in [1.807, 2.05) is 39.3 Å². The Hall–Kier alpha value is -1.08. The van der Waals surface area contributed by atoms with Crippen LogP contribution in [0, 0.1) is 6.92 Å². The summed E-state index contributed by atoms with van der Waals surface area (Å²) in [5.41, 5.74) is -0.223. The van der Waals surface area contributed by atoms with Crippen LogP contribution in [-0.4, -0.2) is 34.5 Å². The van der Waals surface area contributed by atoms with E-state index in [4.69, 9.17) is 9.47 Å². The molecular formula is C13H20BrN3O3. The van der Waals surface area contributed by atoms with Crippen LogP contribution in [0.5, 0.6) is 0 Å². The fourth-order valence-electron chi connectivity index (χ4n) is 2.16. The molecule has 1 aliphatic rings. The molecule has 0 atom stereocenters. The van der Waals surface area contributed by atoms with Crippen molar-refractivity contribution in [2.24, 2.45) is 7.05 Å². The number of amides is 1. The Balaban J connectivity index is 2.24. The Labute approximate surface area is 127 Å². The van der Waals surface area contributed by atoms with Crippen molar-refractivity contribution in [1.82, 2.24) is 14.9 Å². The molecule has 0 bridgehead atoms. The van der Waals surface area contributed by atoms with Crippen LogP contribution in [0.25, 0.3) is 0 Å². The molecule has 6 nitrogen and oxygen atoms in total. The summed E-state index contributed by atoms with van der Waals surface area (Å²) >= 11 is 3.45. The van der Waals surface area contributed by atoms with Gasteiger partial charge in [-0.2, -0.15) is 0 Å². The fraction of sp³-hybridized carbons (Fsp3) is 0.692. The topological polar surface area (TPSA) is 65.4 Å². The standard InChI is InChI=1S/C13H20BrN3O3/c1-8-15-10(14)9(17(8)5)13(6-19-7-13)16-11(18)20-12(2,3)4/h6-7H2,1-5H3,(H,16,18). The van der Waals surface area contributed by atoms with Crippen LogP contribution in [0.2, 0.25) is 0 Å². The maximum absolute atomic E-state index is 12.0. The summed E-state index contributed by atoms with van der Waals surface area (Å²) < 4.78 is 13.3. The van der Waals surface area contributed by atoms with Gasteiger partial charge in [0.25, 0.3) is 0 Å². The molecule has 2 heterocycles. The number of rotatable bonds is 2. The molecule has 0 spiro atoms. The number of hydrogen-bond donors (Lipinski definition) is 1. The minimum Gasteiger partial charge on any atom is -0.444 e. The highest BCUT2D eigenvalue weighted by molar-refractivity contribution is 9.10. The third-order valence-electron chi connectivity index (χ3n) is 3.17. The van der Waals surface area contributed by atoms with Gasteiger partial charge in [0.2, 0.25) is 0 Å². The van der Waals surface area contributed by atoms with E-state index in [9.17, 15) is 4.79 Å². The van der Waals surface area contributed by atoms with Crippen LogP contribution in [0.4, 0.5) is 4.79 Å².